The van der Waals surface area contributed by atoms with Gasteiger partial charge in [0, 0.05) is 0 Å². The van der Waals surface area contributed by atoms with Crippen molar-refractivity contribution in [3.8, 4) is 6.07 Å². The first-order valence-corrected chi connectivity index (χ1v) is 3.58. The summed E-state index contributed by atoms with van der Waals surface area (Å²) >= 11 is 0. The Balaban J connectivity index is 3.36. The van der Waals surface area contributed by atoms with E-state index in [1.807, 2.05) is 0 Å². The molecule has 0 saturated carbocycles. The zero-order valence-electron chi connectivity index (χ0n) is 6.84. The van der Waals surface area contributed by atoms with E-state index in [4.69, 9.17) is 10.4 Å². The molecule has 74 valence electrons. The second-order valence-corrected chi connectivity index (χ2v) is 2.44. The van der Waals surface area contributed by atoms with Crippen molar-refractivity contribution >= 4 is 0 Å². The van der Waals surface area contributed by atoms with Gasteiger partial charge in [-0.1, -0.05) is 0 Å². The molecule has 0 atom stereocenters. The third-order valence-electron chi connectivity index (χ3n) is 1.60. The highest BCUT2D eigenvalue weighted by atomic mass is 19.3. The minimum atomic E-state index is -3.06. The molecule has 0 bridgehead atoms. The second kappa shape index (κ2) is 4.07. The van der Waals surface area contributed by atoms with Gasteiger partial charge in [0.15, 0.2) is 0 Å². The van der Waals surface area contributed by atoms with Crippen molar-refractivity contribution in [1.82, 2.24) is 4.98 Å². The number of halogens is 3. The van der Waals surface area contributed by atoms with E-state index < -0.39 is 24.5 Å². The van der Waals surface area contributed by atoms with Crippen molar-refractivity contribution in [3.63, 3.8) is 0 Å². The molecule has 0 aliphatic heterocycles. The number of hydrogen-bond donors (Lipinski definition) is 1. The lowest BCUT2D eigenvalue weighted by Gasteiger charge is -2.06. The van der Waals surface area contributed by atoms with Gasteiger partial charge < -0.3 is 5.11 Å². The van der Waals surface area contributed by atoms with Gasteiger partial charge >= 0.3 is 0 Å². The van der Waals surface area contributed by atoms with E-state index in [1.54, 1.807) is 0 Å². The van der Waals surface area contributed by atoms with E-state index in [1.165, 1.54) is 6.07 Å². The molecule has 3 nitrogen and oxygen atoms in total. The molecule has 1 rings (SSSR count). The van der Waals surface area contributed by atoms with Crippen LogP contribution in [0, 0.1) is 17.3 Å². The van der Waals surface area contributed by atoms with E-state index >= 15 is 0 Å². The normalized spacial score (nSPS) is 10.3. The molecule has 0 spiro atoms. The largest absolute Gasteiger partial charge is 0.392 e. The Morgan fingerprint density at radius 3 is 2.64 bits per heavy atom. The van der Waals surface area contributed by atoms with Crippen molar-refractivity contribution < 1.29 is 18.3 Å². The van der Waals surface area contributed by atoms with Crippen molar-refractivity contribution in [1.29, 1.82) is 5.26 Å². The highest BCUT2D eigenvalue weighted by Gasteiger charge is 2.20. The lowest BCUT2D eigenvalue weighted by molar-refractivity contribution is 0.140. The molecule has 0 amide bonds. The maximum Gasteiger partial charge on any atom is 0.268 e. The number of aliphatic hydroxyl groups excluding tert-OH is 1. The van der Waals surface area contributed by atoms with Gasteiger partial charge in [-0.15, -0.1) is 0 Å². The third-order valence-corrected chi connectivity index (χ3v) is 1.60. The van der Waals surface area contributed by atoms with Gasteiger partial charge in [0.25, 0.3) is 6.43 Å². The van der Waals surface area contributed by atoms with Crippen LogP contribution in [0.15, 0.2) is 6.07 Å². The number of hydrogen-bond acceptors (Lipinski definition) is 3. The fourth-order valence-electron chi connectivity index (χ4n) is 0.992. The Morgan fingerprint density at radius 1 is 1.57 bits per heavy atom. The summed E-state index contributed by atoms with van der Waals surface area (Å²) in [5.74, 6) is -1.41. The predicted molar refractivity (Wildman–Crippen MR) is 39.8 cm³/mol. The molecule has 0 aliphatic carbocycles. The van der Waals surface area contributed by atoms with Crippen LogP contribution in [-0.4, -0.2) is 10.1 Å². The molecule has 1 aromatic rings. The fraction of sp³-hybridized carbons (Fsp3) is 0.250. The van der Waals surface area contributed by atoms with E-state index in [-0.39, 0.29) is 11.3 Å². The van der Waals surface area contributed by atoms with Crippen LogP contribution in [0.4, 0.5) is 13.2 Å². The molecule has 0 fully saturated rings. The minimum Gasteiger partial charge on any atom is -0.392 e. The highest BCUT2D eigenvalue weighted by Crippen LogP contribution is 2.25. The van der Waals surface area contributed by atoms with Crippen LogP contribution >= 0.6 is 0 Å². The van der Waals surface area contributed by atoms with Gasteiger partial charge in [0.1, 0.15) is 11.8 Å². The van der Waals surface area contributed by atoms with Crippen molar-refractivity contribution in [2.75, 3.05) is 0 Å². The number of pyridine rings is 1. The van der Waals surface area contributed by atoms with Crippen LogP contribution in [0.5, 0.6) is 0 Å². The van der Waals surface area contributed by atoms with Crippen LogP contribution in [0.1, 0.15) is 23.2 Å². The summed E-state index contributed by atoms with van der Waals surface area (Å²) in [6.45, 7) is -0.756. The Bertz CT molecular complexity index is 387. The van der Waals surface area contributed by atoms with Gasteiger partial charge in [0.05, 0.1) is 12.2 Å². The summed E-state index contributed by atoms with van der Waals surface area (Å²) < 4.78 is 37.4. The standard InChI is InChI=1S/C8H5F3N2O/c9-7(10)6-4(3-14)1-5(2-12)13-8(6)11/h1,7,14H,3H2. The SMILES string of the molecule is N#Cc1cc(CO)c(C(F)F)c(F)n1. The summed E-state index contributed by atoms with van der Waals surface area (Å²) in [7, 11) is 0. The molecule has 0 aromatic carbocycles. The average molecular weight is 202 g/mol. The molecule has 14 heavy (non-hydrogen) atoms. The van der Waals surface area contributed by atoms with E-state index in [0.29, 0.717) is 0 Å². The van der Waals surface area contributed by atoms with Gasteiger partial charge in [-0.3, -0.25) is 0 Å². The zero-order valence-corrected chi connectivity index (χ0v) is 6.84. The molecule has 0 radical (unpaired) electrons. The van der Waals surface area contributed by atoms with Crippen LogP contribution in [0.3, 0.4) is 0 Å². The van der Waals surface area contributed by atoms with Crippen LogP contribution in [0.2, 0.25) is 0 Å². The summed E-state index contributed by atoms with van der Waals surface area (Å²) in [6, 6.07) is 2.44. The lowest BCUT2D eigenvalue weighted by atomic mass is 10.1. The molecular formula is C8H5F3N2O. The van der Waals surface area contributed by atoms with Crippen molar-refractivity contribution in [2.45, 2.75) is 13.0 Å². The number of alkyl halides is 2. The minimum absolute atomic E-state index is 0.316. The summed E-state index contributed by atoms with van der Waals surface area (Å²) in [6.07, 6.45) is -3.06. The highest BCUT2D eigenvalue weighted by molar-refractivity contribution is 5.33. The molecule has 0 aliphatic rings. The Morgan fingerprint density at radius 2 is 2.21 bits per heavy atom. The van der Waals surface area contributed by atoms with Gasteiger partial charge in [0.2, 0.25) is 5.95 Å². The monoisotopic (exact) mass is 202 g/mol. The fourth-order valence-corrected chi connectivity index (χ4v) is 0.992. The Labute approximate surface area is 77.4 Å². The Hall–Kier alpha value is -1.61. The number of aromatic nitrogens is 1. The van der Waals surface area contributed by atoms with Gasteiger partial charge in [-0.05, 0) is 11.6 Å². The van der Waals surface area contributed by atoms with Gasteiger partial charge in [-0.2, -0.15) is 9.65 Å². The number of nitrogens with zero attached hydrogens (tertiary/aromatic N) is 2. The first-order chi connectivity index (χ1) is 6.60. The first kappa shape index (κ1) is 10.5. The topological polar surface area (TPSA) is 56.9 Å². The summed E-state index contributed by atoms with van der Waals surface area (Å²) in [5.41, 5.74) is -1.61. The Kier molecular flexibility index (Phi) is 3.04. The molecular weight excluding hydrogens is 197 g/mol. The molecule has 0 saturated heterocycles. The molecule has 1 heterocycles. The third kappa shape index (κ3) is 1.83. The van der Waals surface area contributed by atoms with E-state index in [0.717, 1.165) is 6.07 Å². The summed E-state index contributed by atoms with van der Waals surface area (Å²) in [4.78, 5) is 3.00. The smallest absolute Gasteiger partial charge is 0.268 e. The quantitative estimate of drug-likeness (QED) is 0.739. The molecule has 1 aromatic heterocycles. The van der Waals surface area contributed by atoms with Crippen molar-refractivity contribution in [3.05, 3.63) is 28.8 Å². The van der Waals surface area contributed by atoms with Crippen LogP contribution in [0.25, 0.3) is 0 Å². The first-order valence-electron chi connectivity index (χ1n) is 3.58. The molecule has 1 N–H and O–H groups in total. The number of rotatable bonds is 2. The predicted octanol–water partition coefficient (Wildman–Crippen LogP) is 1.52. The number of nitriles is 1. The maximum atomic E-state index is 12.9. The van der Waals surface area contributed by atoms with Gasteiger partial charge in [-0.25, -0.2) is 13.8 Å². The average Bonchev–Trinajstić information content (AvgIpc) is 2.15. The molecule has 0 unspecified atom stereocenters. The molecule has 6 heteroatoms. The lowest BCUT2D eigenvalue weighted by Crippen LogP contribution is -2.03. The van der Waals surface area contributed by atoms with Crippen LogP contribution < -0.4 is 0 Å². The summed E-state index contributed by atoms with van der Waals surface area (Å²) in [5, 5.41) is 17.0. The zero-order chi connectivity index (χ0) is 10.7. The number of aliphatic hydroxyl groups is 1. The van der Waals surface area contributed by atoms with Crippen LogP contribution in [-0.2, 0) is 6.61 Å². The maximum absolute atomic E-state index is 12.9. The van der Waals surface area contributed by atoms with Crippen molar-refractivity contribution in [2.24, 2.45) is 0 Å². The van der Waals surface area contributed by atoms with E-state index in [2.05, 4.69) is 4.98 Å². The van der Waals surface area contributed by atoms with E-state index in [9.17, 15) is 13.2 Å². The second-order valence-electron chi connectivity index (χ2n) is 2.44.